The van der Waals surface area contributed by atoms with Gasteiger partial charge in [-0.15, -0.1) is 0 Å². The molecule has 1 rings (SSSR count). The molecule has 0 bridgehead atoms. The molecular weight excluding hydrogens is 329 g/mol. The zero-order chi connectivity index (χ0) is 13.5. The number of ketones is 1. The maximum Gasteiger partial charge on any atom is 0.303 e. The monoisotopic (exact) mass is 346 g/mol. The Labute approximate surface area is 137 Å². The molecule has 1 unspecified atom stereocenters. The minimum Gasteiger partial charge on any atom is -0.492 e. The van der Waals surface area contributed by atoms with Crippen LogP contribution in [-0.2, 0) is 61.3 Å². The Hall–Kier alpha value is -0.326. The minimum atomic E-state index is -0.524. The maximum atomic E-state index is 11.4. The molecule has 2 atom stereocenters. The second kappa shape index (κ2) is 9.56. The van der Waals surface area contributed by atoms with Crippen LogP contribution in [0.3, 0.4) is 0 Å². The average Bonchev–Trinajstić information content (AvgIpc) is 2.71. The van der Waals surface area contributed by atoms with Crippen molar-refractivity contribution in [2.45, 2.75) is 38.9 Å². The van der Waals surface area contributed by atoms with Gasteiger partial charge in [0.25, 0.3) is 0 Å². The second-order valence-corrected chi connectivity index (χ2v) is 4.07. The van der Waals surface area contributed by atoms with Gasteiger partial charge in [-0.2, -0.15) is 0 Å². The average molecular weight is 346 g/mol. The Morgan fingerprint density at radius 2 is 1.95 bits per heavy atom. The molecule has 0 amide bonds. The molecule has 1 aliphatic rings. The van der Waals surface area contributed by atoms with E-state index in [1.54, 1.807) is 6.42 Å². The summed E-state index contributed by atoms with van der Waals surface area (Å²) in [5.41, 5.74) is 0. The zero-order valence-corrected chi connectivity index (χ0v) is 13.9. The van der Waals surface area contributed by atoms with Crippen molar-refractivity contribution in [3.8, 4) is 0 Å². The molecule has 0 aliphatic carbocycles. The van der Waals surface area contributed by atoms with Crippen molar-refractivity contribution in [1.82, 2.24) is 0 Å². The smallest absolute Gasteiger partial charge is 0.303 e. The van der Waals surface area contributed by atoms with Gasteiger partial charge in [-0.05, 0) is 6.92 Å². The van der Waals surface area contributed by atoms with Crippen molar-refractivity contribution < 1.29 is 61.3 Å². The summed E-state index contributed by atoms with van der Waals surface area (Å²) in [5, 5.41) is 0. The summed E-state index contributed by atoms with van der Waals surface area (Å²) in [4.78, 5) is 32.8. The second-order valence-electron chi connectivity index (χ2n) is 4.07. The van der Waals surface area contributed by atoms with Crippen LogP contribution >= 0.6 is 0 Å². The van der Waals surface area contributed by atoms with Crippen LogP contribution in [0.5, 0.6) is 0 Å². The van der Waals surface area contributed by atoms with Gasteiger partial charge in [-0.3, -0.25) is 16.0 Å². The van der Waals surface area contributed by atoms with Crippen molar-refractivity contribution in [1.29, 1.82) is 0 Å². The summed E-state index contributed by atoms with van der Waals surface area (Å²) in [6.45, 7) is 3.11. The normalized spacial score (nSPS) is 21.4. The maximum absolute atomic E-state index is 11.4. The number of carbonyl (C=O) groups excluding carboxylic acids is 3. The van der Waals surface area contributed by atoms with Gasteiger partial charge in [0, 0.05) is 52.2 Å². The molecule has 1 radical (unpaired) electrons. The number of esters is 2. The first-order valence-corrected chi connectivity index (χ1v) is 5.76. The molecule has 7 heteroatoms. The van der Waals surface area contributed by atoms with E-state index in [4.69, 9.17) is 14.2 Å². The predicted molar refractivity (Wildman–Crippen MR) is 60.5 cm³/mol. The Bertz CT molecular complexity index is 330. The van der Waals surface area contributed by atoms with Gasteiger partial charge in [0.05, 0.1) is 12.5 Å². The molecule has 105 valence electrons. The van der Waals surface area contributed by atoms with Crippen molar-refractivity contribution >= 4 is 17.7 Å². The van der Waals surface area contributed by atoms with Crippen molar-refractivity contribution in [3.63, 3.8) is 0 Å². The third-order valence-electron chi connectivity index (χ3n) is 2.40. The number of ether oxygens (including phenoxy) is 3. The Kier molecular flexibility index (Phi) is 9.39. The van der Waals surface area contributed by atoms with E-state index in [9.17, 15) is 14.4 Å². The van der Waals surface area contributed by atoms with Gasteiger partial charge >= 0.3 is 11.9 Å². The first-order valence-electron chi connectivity index (χ1n) is 5.76. The van der Waals surface area contributed by atoms with E-state index in [1.165, 1.54) is 13.8 Å². The summed E-state index contributed by atoms with van der Waals surface area (Å²) in [6, 6.07) is 0. The fourth-order valence-corrected chi connectivity index (χ4v) is 1.48. The van der Waals surface area contributed by atoms with Crippen molar-refractivity contribution in [2.24, 2.45) is 0 Å². The molecule has 0 spiro atoms. The van der Waals surface area contributed by atoms with Crippen LogP contribution in [0.1, 0.15) is 26.7 Å². The minimum absolute atomic E-state index is 0. The van der Waals surface area contributed by atoms with E-state index in [1.807, 2.05) is 0 Å². The van der Waals surface area contributed by atoms with Crippen LogP contribution in [-0.4, -0.2) is 43.1 Å². The predicted octanol–water partition coefficient (Wildman–Crippen LogP) is 0.431. The summed E-state index contributed by atoms with van der Waals surface area (Å²) in [6.07, 6.45) is 0.930. The van der Waals surface area contributed by atoms with Crippen LogP contribution in [0.2, 0.25) is 0 Å². The van der Waals surface area contributed by atoms with Gasteiger partial charge in [0.15, 0.2) is 0 Å². The molecule has 1 saturated heterocycles. The summed E-state index contributed by atoms with van der Waals surface area (Å²) in [7, 11) is 0. The molecule has 1 aliphatic heterocycles. The van der Waals surface area contributed by atoms with E-state index in [0.717, 1.165) is 0 Å². The van der Waals surface area contributed by atoms with E-state index in [2.05, 4.69) is 0 Å². The van der Waals surface area contributed by atoms with Crippen molar-refractivity contribution in [3.05, 3.63) is 6.42 Å². The third kappa shape index (κ3) is 7.75. The van der Waals surface area contributed by atoms with Crippen LogP contribution in [0.4, 0.5) is 0 Å². The van der Waals surface area contributed by atoms with Crippen LogP contribution in [0, 0.1) is 6.42 Å². The molecule has 0 aromatic rings. The molecule has 0 aromatic heterocycles. The number of hydrogen-bond donors (Lipinski definition) is 0. The van der Waals surface area contributed by atoms with Crippen molar-refractivity contribution in [2.75, 3.05) is 13.2 Å². The largest absolute Gasteiger partial charge is 0.492 e. The molecule has 0 N–H and O–H groups in total. The van der Waals surface area contributed by atoms with Crippen LogP contribution in [0.25, 0.3) is 0 Å². The van der Waals surface area contributed by atoms with Crippen LogP contribution in [0.15, 0.2) is 0 Å². The first kappa shape index (κ1) is 18.7. The quantitative estimate of drug-likeness (QED) is 0.513. The molecular formula is C12H17O6Y-. The molecule has 6 nitrogen and oxygen atoms in total. The van der Waals surface area contributed by atoms with Gasteiger partial charge in [-0.25, -0.2) is 0 Å². The van der Waals surface area contributed by atoms with Crippen LogP contribution < -0.4 is 0 Å². The zero-order valence-electron chi connectivity index (χ0n) is 11.1. The molecule has 0 saturated carbocycles. The summed E-state index contributed by atoms with van der Waals surface area (Å²) >= 11 is 0. The SMILES string of the molecule is CC(=O)CCC(=O)OC1[CH-]CO[C@@H]1COC(C)=O.[Y]. The van der Waals surface area contributed by atoms with E-state index >= 15 is 0 Å². The van der Waals surface area contributed by atoms with Gasteiger partial charge < -0.3 is 19.0 Å². The van der Waals surface area contributed by atoms with Gasteiger partial charge in [-0.1, -0.05) is 6.61 Å². The van der Waals surface area contributed by atoms with E-state index in [0.29, 0.717) is 6.61 Å². The fourth-order valence-electron chi connectivity index (χ4n) is 1.48. The Morgan fingerprint density at radius 3 is 2.53 bits per heavy atom. The molecule has 0 aromatic carbocycles. The number of hydrogen-bond acceptors (Lipinski definition) is 6. The van der Waals surface area contributed by atoms with Gasteiger partial charge in [0.1, 0.15) is 12.4 Å². The van der Waals surface area contributed by atoms with Gasteiger partial charge in [0.2, 0.25) is 0 Å². The summed E-state index contributed by atoms with van der Waals surface area (Å²) in [5.74, 6) is -0.924. The van der Waals surface area contributed by atoms with E-state index in [-0.39, 0.29) is 57.9 Å². The Balaban J connectivity index is 0.00000324. The summed E-state index contributed by atoms with van der Waals surface area (Å²) < 4.78 is 15.2. The topological polar surface area (TPSA) is 78.9 Å². The number of carbonyl (C=O) groups is 3. The molecule has 1 fully saturated rings. The molecule has 19 heavy (non-hydrogen) atoms. The fraction of sp³-hybridized carbons (Fsp3) is 0.667. The Morgan fingerprint density at radius 1 is 1.26 bits per heavy atom. The standard InChI is InChI=1S/C12H17O6.Y/c1-8(13)3-4-12(15)18-10-5-6-16-11(10)7-17-9(2)14;/h5,10-11H,3-4,6-7H2,1-2H3;/q-1;/t10?,11-;/m1./s1. The molecule has 1 heterocycles. The third-order valence-corrected chi connectivity index (χ3v) is 2.40. The number of Topliss-reactive ketones (excluding diaryl/α,β-unsaturated/α-hetero) is 1. The van der Waals surface area contributed by atoms with E-state index < -0.39 is 24.1 Å². The first-order chi connectivity index (χ1) is 8.49. The number of rotatable bonds is 6.